The van der Waals surface area contributed by atoms with Gasteiger partial charge in [0.2, 0.25) is 11.8 Å². The lowest BCUT2D eigenvalue weighted by Gasteiger charge is -2.31. The van der Waals surface area contributed by atoms with Gasteiger partial charge in [0.25, 0.3) is 0 Å². The van der Waals surface area contributed by atoms with Crippen molar-refractivity contribution in [1.82, 2.24) is 15.5 Å². The minimum atomic E-state index is -0.560. The second kappa shape index (κ2) is 8.21. The molecular weight excluding hydrogens is 256 g/mol. The first-order valence-electron chi connectivity index (χ1n) is 7.49. The number of hydrogen-bond acceptors (Lipinski definition) is 4. The van der Waals surface area contributed by atoms with Crippen LogP contribution in [0.2, 0.25) is 0 Å². The first kappa shape index (κ1) is 16.9. The highest BCUT2D eigenvalue weighted by molar-refractivity contribution is 5.87. The maximum Gasteiger partial charge on any atom is 0.239 e. The lowest BCUT2D eigenvalue weighted by atomic mass is 10.0. The zero-order chi connectivity index (χ0) is 15.1. The fourth-order valence-corrected chi connectivity index (χ4v) is 2.26. The minimum absolute atomic E-state index is 0.00719. The van der Waals surface area contributed by atoms with Gasteiger partial charge in [0.15, 0.2) is 0 Å². The average Bonchev–Trinajstić information content (AvgIpc) is 2.44. The molecule has 20 heavy (non-hydrogen) atoms. The van der Waals surface area contributed by atoms with Crippen molar-refractivity contribution >= 4 is 11.8 Å². The van der Waals surface area contributed by atoms with Crippen molar-refractivity contribution < 1.29 is 9.59 Å². The Bertz CT molecular complexity index is 325. The molecule has 0 aromatic rings. The van der Waals surface area contributed by atoms with Gasteiger partial charge in [-0.2, -0.15) is 0 Å². The summed E-state index contributed by atoms with van der Waals surface area (Å²) < 4.78 is 0. The van der Waals surface area contributed by atoms with E-state index in [9.17, 15) is 9.59 Å². The van der Waals surface area contributed by atoms with E-state index in [1.807, 2.05) is 13.8 Å². The molecule has 1 aliphatic rings. The zero-order valence-corrected chi connectivity index (χ0v) is 12.8. The van der Waals surface area contributed by atoms with E-state index < -0.39 is 6.04 Å². The molecule has 1 rings (SSSR count). The van der Waals surface area contributed by atoms with Crippen molar-refractivity contribution in [2.24, 2.45) is 11.7 Å². The number of nitrogens with two attached hydrogens (primary N) is 1. The van der Waals surface area contributed by atoms with Gasteiger partial charge in [-0.3, -0.25) is 9.59 Å². The van der Waals surface area contributed by atoms with Crippen LogP contribution in [-0.2, 0) is 9.59 Å². The van der Waals surface area contributed by atoms with E-state index in [1.54, 1.807) is 0 Å². The lowest BCUT2D eigenvalue weighted by molar-refractivity contribution is -0.127. The summed E-state index contributed by atoms with van der Waals surface area (Å²) in [7, 11) is 0. The third-order valence-electron chi connectivity index (χ3n) is 3.84. The Morgan fingerprint density at radius 3 is 2.40 bits per heavy atom. The van der Waals surface area contributed by atoms with Gasteiger partial charge in [-0.05, 0) is 25.3 Å². The third-order valence-corrected chi connectivity index (χ3v) is 3.84. The molecule has 0 aromatic carbocycles. The number of piperidine rings is 1. The van der Waals surface area contributed by atoms with E-state index in [1.165, 1.54) is 0 Å². The Kier molecular flexibility index (Phi) is 6.95. The van der Waals surface area contributed by atoms with Gasteiger partial charge in [0, 0.05) is 19.1 Å². The number of nitrogens with zero attached hydrogens (tertiary/aromatic N) is 1. The van der Waals surface area contributed by atoms with Crippen molar-refractivity contribution in [2.45, 2.75) is 45.7 Å². The predicted molar refractivity (Wildman–Crippen MR) is 79.1 cm³/mol. The first-order chi connectivity index (χ1) is 9.43. The number of nitrogens with one attached hydrogen (secondary N) is 2. The molecule has 116 valence electrons. The highest BCUT2D eigenvalue weighted by atomic mass is 16.2. The van der Waals surface area contributed by atoms with Gasteiger partial charge in [-0.25, -0.2) is 0 Å². The highest BCUT2D eigenvalue weighted by Gasteiger charge is 2.21. The molecule has 0 bridgehead atoms. The normalized spacial score (nSPS) is 18.9. The largest absolute Gasteiger partial charge is 0.352 e. The molecule has 0 aromatic heterocycles. The summed E-state index contributed by atoms with van der Waals surface area (Å²) in [5.41, 5.74) is 5.71. The Morgan fingerprint density at radius 1 is 1.30 bits per heavy atom. The lowest BCUT2D eigenvalue weighted by Crippen LogP contribution is -2.50. The number of amides is 2. The number of likely N-dealkylation sites (tertiary alicyclic amines) is 1. The Morgan fingerprint density at radius 2 is 1.90 bits per heavy atom. The van der Waals surface area contributed by atoms with Crippen LogP contribution < -0.4 is 16.4 Å². The molecule has 1 atom stereocenters. The number of hydrogen-bond donors (Lipinski definition) is 3. The average molecular weight is 284 g/mol. The van der Waals surface area contributed by atoms with Crippen LogP contribution in [0.5, 0.6) is 0 Å². The van der Waals surface area contributed by atoms with Crippen LogP contribution in [0.1, 0.15) is 33.6 Å². The molecule has 1 fully saturated rings. The van der Waals surface area contributed by atoms with Gasteiger partial charge < -0.3 is 21.3 Å². The molecule has 0 radical (unpaired) electrons. The topological polar surface area (TPSA) is 87.5 Å². The zero-order valence-electron chi connectivity index (χ0n) is 12.8. The van der Waals surface area contributed by atoms with E-state index in [0.29, 0.717) is 0 Å². The molecule has 1 saturated heterocycles. The number of carbonyl (C=O) groups excluding carboxylic acids is 2. The maximum atomic E-state index is 11.8. The molecule has 2 amide bonds. The van der Waals surface area contributed by atoms with Gasteiger partial charge in [0.1, 0.15) is 0 Å². The SMILES string of the molecule is CCN1CCC(NC(=O)CNC(=O)[C@@H](N)C(C)C)CC1. The van der Waals surface area contributed by atoms with Crippen LogP contribution in [0, 0.1) is 5.92 Å². The van der Waals surface area contributed by atoms with Gasteiger partial charge in [-0.1, -0.05) is 20.8 Å². The molecular formula is C14H28N4O2. The van der Waals surface area contributed by atoms with Crippen LogP contribution in [0.15, 0.2) is 0 Å². The van der Waals surface area contributed by atoms with Gasteiger partial charge in [0.05, 0.1) is 12.6 Å². The molecule has 6 nitrogen and oxygen atoms in total. The number of rotatable bonds is 6. The summed E-state index contributed by atoms with van der Waals surface area (Å²) >= 11 is 0. The summed E-state index contributed by atoms with van der Waals surface area (Å²) in [6.07, 6.45) is 1.94. The van der Waals surface area contributed by atoms with Crippen molar-refractivity contribution in [3.8, 4) is 0 Å². The van der Waals surface area contributed by atoms with Crippen molar-refractivity contribution in [2.75, 3.05) is 26.2 Å². The fourth-order valence-electron chi connectivity index (χ4n) is 2.26. The van der Waals surface area contributed by atoms with Gasteiger partial charge >= 0.3 is 0 Å². The van der Waals surface area contributed by atoms with Crippen LogP contribution in [-0.4, -0.2) is 55.0 Å². The first-order valence-corrected chi connectivity index (χ1v) is 7.49. The van der Waals surface area contributed by atoms with E-state index in [-0.39, 0.29) is 30.3 Å². The summed E-state index contributed by atoms with van der Waals surface area (Å²) in [6.45, 7) is 9.01. The highest BCUT2D eigenvalue weighted by Crippen LogP contribution is 2.09. The number of carbonyl (C=O) groups is 2. The van der Waals surface area contributed by atoms with E-state index in [2.05, 4.69) is 22.5 Å². The van der Waals surface area contributed by atoms with Crippen LogP contribution in [0.25, 0.3) is 0 Å². The molecule has 1 heterocycles. The monoisotopic (exact) mass is 284 g/mol. The van der Waals surface area contributed by atoms with Crippen LogP contribution in [0.3, 0.4) is 0 Å². The standard InChI is InChI=1S/C14H28N4O2/c1-4-18-7-5-11(6-8-18)17-12(19)9-16-14(20)13(15)10(2)3/h10-11,13H,4-9,15H2,1-3H3,(H,16,20)(H,17,19)/t13-/m0/s1. The Labute approximate surface area is 121 Å². The third kappa shape index (κ3) is 5.46. The van der Waals surface area contributed by atoms with Crippen molar-refractivity contribution in [1.29, 1.82) is 0 Å². The minimum Gasteiger partial charge on any atom is -0.352 e. The Hall–Kier alpha value is -1.14. The maximum absolute atomic E-state index is 11.8. The molecule has 6 heteroatoms. The van der Waals surface area contributed by atoms with Crippen LogP contribution in [0.4, 0.5) is 0 Å². The molecule has 1 aliphatic heterocycles. The quantitative estimate of drug-likeness (QED) is 0.624. The summed E-state index contributed by atoms with van der Waals surface area (Å²) in [5, 5.41) is 5.55. The molecule has 0 saturated carbocycles. The predicted octanol–water partition coefficient (Wildman–Crippen LogP) is -0.314. The summed E-state index contributed by atoms with van der Waals surface area (Å²) in [4.78, 5) is 25.8. The van der Waals surface area contributed by atoms with Crippen molar-refractivity contribution in [3.05, 3.63) is 0 Å². The molecule has 0 aliphatic carbocycles. The van der Waals surface area contributed by atoms with Gasteiger partial charge in [-0.15, -0.1) is 0 Å². The van der Waals surface area contributed by atoms with E-state index in [0.717, 1.165) is 32.5 Å². The molecule has 0 unspecified atom stereocenters. The molecule has 0 spiro atoms. The smallest absolute Gasteiger partial charge is 0.239 e. The Balaban J connectivity index is 2.22. The summed E-state index contributed by atoms with van der Waals surface area (Å²) in [5.74, 6) is -0.336. The summed E-state index contributed by atoms with van der Waals surface area (Å²) in [6, 6.07) is -0.337. The van der Waals surface area contributed by atoms with Crippen molar-refractivity contribution in [3.63, 3.8) is 0 Å². The molecule has 4 N–H and O–H groups in total. The fraction of sp³-hybridized carbons (Fsp3) is 0.857. The van der Waals surface area contributed by atoms with E-state index in [4.69, 9.17) is 5.73 Å². The second-order valence-electron chi connectivity index (χ2n) is 5.76. The second-order valence-corrected chi connectivity index (χ2v) is 5.76. The van der Waals surface area contributed by atoms with Crippen LogP contribution >= 0.6 is 0 Å². The van der Waals surface area contributed by atoms with E-state index >= 15 is 0 Å².